The molecule has 2 saturated heterocycles. The zero-order valence-electron chi connectivity index (χ0n) is 21.9. The van der Waals surface area contributed by atoms with Gasteiger partial charge in [0.05, 0.1) is 17.2 Å². The van der Waals surface area contributed by atoms with E-state index in [-0.39, 0.29) is 18.7 Å². The molecule has 0 aliphatic carbocycles. The van der Waals surface area contributed by atoms with E-state index in [1.165, 1.54) is 0 Å². The fourth-order valence-electron chi connectivity index (χ4n) is 4.41. The third kappa shape index (κ3) is 5.31. The van der Waals surface area contributed by atoms with Gasteiger partial charge >= 0.3 is 13.2 Å². The summed E-state index contributed by atoms with van der Waals surface area (Å²) in [6, 6.07) is 9.82. The van der Waals surface area contributed by atoms with E-state index in [2.05, 4.69) is 18.7 Å². The number of ether oxygens (including phenoxy) is 1. The minimum Gasteiger partial charge on any atom is -0.445 e. The van der Waals surface area contributed by atoms with Crippen LogP contribution in [0.5, 0.6) is 0 Å². The topological polar surface area (TPSA) is 77.0 Å². The maximum absolute atomic E-state index is 12.8. The highest BCUT2D eigenvalue weighted by molar-refractivity contribution is 6.62. The van der Waals surface area contributed by atoms with Crippen LogP contribution in [0.2, 0.25) is 0 Å². The molecule has 0 N–H and O–H groups in total. The predicted molar refractivity (Wildman–Crippen MR) is 137 cm³/mol. The van der Waals surface area contributed by atoms with Crippen molar-refractivity contribution in [3.05, 3.63) is 47.8 Å². The van der Waals surface area contributed by atoms with Crippen molar-refractivity contribution in [2.45, 2.75) is 72.3 Å². The third-order valence-electron chi connectivity index (χ3n) is 7.42. The molecular formula is C26H37BN4O4. The lowest BCUT2D eigenvalue weighted by Gasteiger charge is -2.43. The number of hydrogen-bond donors (Lipinski definition) is 0. The van der Waals surface area contributed by atoms with Gasteiger partial charge in [-0.15, -0.1) is 0 Å². The quantitative estimate of drug-likeness (QED) is 0.606. The van der Waals surface area contributed by atoms with Crippen LogP contribution in [-0.4, -0.2) is 65.0 Å². The summed E-state index contributed by atoms with van der Waals surface area (Å²) < 4.78 is 18.0. The third-order valence-corrected chi connectivity index (χ3v) is 7.42. The van der Waals surface area contributed by atoms with E-state index >= 15 is 0 Å². The number of aromatic nitrogens is 2. The first-order chi connectivity index (χ1) is 16.5. The Hall–Kier alpha value is -2.65. The summed E-state index contributed by atoms with van der Waals surface area (Å²) in [6.07, 6.45) is 1.53. The Labute approximate surface area is 209 Å². The molecule has 0 saturated carbocycles. The zero-order chi connectivity index (χ0) is 25.4. The lowest BCUT2D eigenvalue weighted by Crippen LogP contribution is -2.57. The lowest BCUT2D eigenvalue weighted by atomic mass is 9.79. The molecule has 1 aromatic heterocycles. The number of amides is 1. The Bertz CT molecular complexity index is 1030. The SMILES string of the molecule is Cc1nc(N2CCN(C(=O)OCc3ccccc3)C[C@H]2C(C)C)ncc1B1OC(C)(C)C(C)(C)O1. The first-order valence-electron chi connectivity index (χ1n) is 12.4. The molecule has 2 aliphatic rings. The molecule has 0 unspecified atom stereocenters. The number of nitrogens with zero attached hydrogens (tertiary/aromatic N) is 4. The van der Waals surface area contributed by atoms with E-state index in [4.69, 9.17) is 24.0 Å². The molecule has 35 heavy (non-hydrogen) atoms. The Morgan fingerprint density at radius 2 is 1.80 bits per heavy atom. The number of carbonyl (C=O) groups is 1. The number of piperazine rings is 1. The summed E-state index contributed by atoms with van der Waals surface area (Å²) >= 11 is 0. The molecule has 188 valence electrons. The van der Waals surface area contributed by atoms with Crippen LogP contribution in [0.3, 0.4) is 0 Å². The molecule has 2 aliphatic heterocycles. The molecule has 4 rings (SSSR count). The van der Waals surface area contributed by atoms with Crippen molar-refractivity contribution in [3.8, 4) is 0 Å². The van der Waals surface area contributed by atoms with E-state index in [0.717, 1.165) is 16.7 Å². The maximum Gasteiger partial charge on any atom is 0.498 e. The minimum absolute atomic E-state index is 0.0788. The van der Waals surface area contributed by atoms with Crippen LogP contribution < -0.4 is 10.4 Å². The molecule has 1 atom stereocenters. The number of anilines is 1. The average Bonchev–Trinajstić information content (AvgIpc) is 3.04. The van der Waals surface area contributed by atoms with E-state index < -0.39 is 18.3 Å². The smallest absolute Gasteiger partial charge is 0.445 e. The van der Waals surface area contributed by atoms with Crippen molar-refractivity contribution in [1.29, 1.82) is 0 Å². The Morgan fingerprint density at radius 3 is 2.40 bits per heavy atom. The number of carbonyl (C=O) groups excluding carboxylic acids is 1. The normalized spacial score (nSPS) is 21.5. The molecule has 2 aromatic rings. The van der Waals surface area contributed by atoms with Gasteiger partial charge in [0, 0.05) is 37.0 Å². The summed E-state index contributed by atoms with van der Waals surface area (Å²) in [4.78, 5) is 26.3. The van der Waals surface area contributed by atoms with Crippen LogP contribution in [0, 0.1) is 12.8 Å². The van der Waals surface area contributed by atoms with Gasteiger partial charge in [0.2, 0.25) is 5.95 Å². The summed E-state index contributed by atoms with van der Waals surface area (Å²) in [7, 11) is -0.494. The number of benzene rings is 1. The van der Waals surface area contributed by atoms with Gasteiger partial charge in [-0.1, -0.05) is 44.2 Å². The van der Waals surface area contributed by atoms with Gasteiger partial charge in [-0.3, -0.25) is 0 Å². The maximum atomic E-state index is 12.8. The van der Waals surface area contributed by atoms with Crippen LogP contribution >= 0.6 is 0 Å². The van der Waals surface area contributed by atoms with Gasteiger partial charge in [0.25, 0.3) is 0 Å². The summed E-state index contributed by atoms with van der Waals surface area (Å²) in [5.74, 6) is 0.963. The molecule has 0 spiro atoms. The fraction of sp³-hybridized carbons (Fsp3) is 0.577. The molecular weight excluding hydrogens is 443 g/mol. The van der Waals surface area contributed by atoms with Crippen molar-refractivity contribution < 1.29 is 18.8 Å². The largest absolute Gasteiger partial charge is 0.498 e. The number of hydrogen-bond acceptors (Lipinski definition) is 7. The lowest BCUT2D eigenvalue weighted by molar-refractivity contribution is 0.00578. The fourth-order valence-corrected chi connectivity index (χ4v) is 4.41. The van der Waals surface area contributed by atoms with Crippen molar-refractivity contribution in [2.75, 3.05) is 24.5 Å². The average molecular weight is 480 g/mol. The predicted octanol–water partition coefficient (Wildman–Crippen LogP) is 3.57. The molecule has 1 amide bonds. The Balaban J connectivity index is 1.44. The number of aryl methyl sites for hydroxylation is 1. The van der Waals surface area contributed by atoms with E-state index in [0.29, 0.717) is 31.5 Å². The molecule has 1 aromatic carbocycles. The van der Waals surface area contributed by atoms with Gasteiger partial charge in [-0.2, -0.15) is 0 Å². The van der Waals surface area contributed by atoms with Gasteiger partial charge in [0.15, 0.2) is 0 Å². The second-order valence-corrected chi connectivity index (χ2v) is 10.8. The second kappa shape index (κ2) is 9.78. The van der Waals surface area contributed by atoms with Gasteiger partial charge in [-0.05, 0) is 46.1 Å². The van der Waals surface area contributed by atoms with E-state index in [9.17, 15) is 4.79 Å². The minimum atomic E-state index is -0.494. The van der Waals surface area contributed by atoms with Crippen molar-refractivity contribution in [3.63, 3.8) is 0 Å². The standard InChI is InChI=1S/C26H37BN4O4/c1-18(2)22-16-30(24(32)33-17-20-11-9-8-10-12-20)13-14-31(22)23-28-15-21(19(3)29-23)27-34-25(4,5)26(6,7)35-27/h8-12,15,18,22H,13-14,16-17H2,1-7H3/t22-/m0/s1. The molecule has 9 heteroatoms. The monoisotopic (exact) mass is 480 g/mol. The summed E-state index contributed by atoms with van der Waals surface area (Å²) in [5.41, 5.74) is 1.82. The van der Waals surface area contributed by atoms with Crippen LogP contribution in [0.15, 0.2) is 36.5 Å². The van der Waals surface area contributed by atoms with Crippen LogP contribution in [0.4, 0.5) is 10.7 Å². The zero-order valence-corrected chi connectivity index (χ0v) is 21.9. The van der Waals surface area contributed by atoms with Crippen LogP contribution in [0.1, 0.15) is 52.8 Å². The summed E-state index contributed by atoms with van der Waals surface area (Å²) in [5, 5.41) is 0. The van der Waals surface area contributed by atoms with Gasteiger partial charge < -0.3 is 23.8 Å². The second-order valence-electron chi connectivity index (χ2n) is 10.8. The van der Waals surface area contributed by atoms with Crippen molar-refractivity contribution in [1.82, 2.24) is 14.9 Å². The highest BCUT2D eigenvalue weighted by Gasteiger charge is 2.52. The summed E-state index contributed by atoms with van der Waals surface area (Å²) in [6.45, 7) is 16.4. The first-order valence-corrected chi connectivity index (χ1v) is 12.4. The first kappa shape index (κ1) is 25.4. The molecule has 0 radical (unpaired) electrons. The Kier molecular flexibility index (Phi) is 7.11. The highest BCUT2D eigenvalue weighted by atomic mass is 16.7. The van der Waals surface area contributed by atoms with Crippen molar-refractivity contribution in [2.24, 2.45) is 5.92 Å². The Morgan fingerprint density at radius 1 is 1.14 bits per heavy atom. The number of rotatable bonds is 5. The van der Waals surface area contributed by atoms with Crippen LogP contribution in [0.25, 0.3) is 0 Å². The van der Waals surface area contributed by atoms with Gasteiger partial charge in [0.1, 0.15) is 6.61 Å². The molecule has 3 heterocycles. The van der Waals surface area contributed by atoms with E-state index in [1.54, 1.807) is 4.90 Å². The van der Waals surface area contributed by atoms with Crippen LogP contribution in [-0.2, 0) is 20.7 Å². The highest BCUT2D eigenvalue weighted by Crippen LogP contribution is 2.36. The molecule has 2 fully saturated rings. The molecule has 8 nitrogen and oxygen atoms in total. The molecule has 0 bridgehead atoms. The van der Waals surface area contributed by atoms with E-state index in [1.807, 2.05) is 71.1 Å². The van der Waals surface area contributed by atoms with Gasteiger partial charge in [-0.25, -0.2) is 14.8 Å². The van der Waals surface area contributed by atoms with Crippen molar-refractivity contribution >= 4 is 24.6 Å².